The largest absolute Gasteiger partial charge is 0.456 e. The van der Waals surface area contributed by atoms with E-state index in [2.05, 4.69) is 297 Å². The quantitative estimate of drug-likeness (QED) is 0.129. The first-order valence-corrected chi connectivity index (χ1v) is 25.6. The fourth-order valence-electron chi connectivity index (χ4n) is 10.7. The molecule has 0 saturated carbocycles. The van der Waals surface area contributed by atoms with Gasteiger partial charge in [-0.2, -0.15) is 0 Å². The van der Waals surface area contributed by atoms with Gasteiger partial charge in [0.1, 0.15) is 11.2 Å². The van der Waals surface area contributed by atoms with Crippen LogP contribution in [0.5, 0.6) is 0 Å². The molecule has 74 heavy (non-hydrogen) atoms. The lowest BCUT2D eigenvalue weighted by Crippen LogP contribution is -2.11. The summed E-state index contributed by atoms with van der Waals surface area (Å²) in [4.78, 5) is 4.79. The third-order valence-corrected chi connectivity index (χ3v) is 14.6. The highest BCUT2D eigenvalue weighted by Gasteiger charge is 2.21. The van der Waals surface area contributed by atoms with Gasteiger partial charge in [-0.25, -0.2) is 0 Å². The van der Waals surface area contributed by atoms with Crippen LogP contribution in [-0.4, -0.2) is 0 Å². The van der Waals surface area contributed by atoms with Gasteiger partial charge in [0, 0.05) is 44.6 Å². The minimum absolute atomic E-state index is 0.458. The minimum atomic E-state index is 0.458. The van der Waals surface area contributed by atoms with E-state index in [-0.39, 0.29) is 0 Å². The van der Waals surface area contributed by atoms with Crippen LogP contribution in [0, 0.1) is 0 Å². The fourth-order valence-corrected chi connectivity index (χ4v) is 10.7. The summed E-state index contributed by atoms with van der Waals surface area (Å²) >= 11 is 0. The van der Waals surface area contributed by atoms with E-state index in [1.54, 1.807) is 0 Å². The maximum Gasteiger partial charge on any atom is 0.136 e. The molecule has 0 bridgehead atoms. The van der Waals surface area contributed by atoms with Crippen molar-refractivity contribution in [1.82, 2.24) is 0 Å². The molecule has 13 aromatic rings. The maximum absolute atomic E-state index is 6.88. The molecule has 1 aromatic heterocycles. The van der Waals surface area contributed by atoms with Crippen molar-refractivity contribution in [3.8, 4) is 44.5 Å². The molecule has 3 nitrogen and oxygen atoms in total. The smallest absolute Gasteiger partial charge is 0.136 e. The van der Waals surface area contributed by atoms with Gasteiger partial charge < -0.3 is 14.2 Å². The Bertz CT molecular complexity index is 4140. The molecule has 12 aromatic carbocycles. The maximum atomic E-state index is 6.88. The SMILES string of the molecule is CC(C)c1ccc(-c2ccccc2N(c2cccc(-c3ccccc3)c2)c2ccc3cc4c(cc3c2)oc2cc3cc(N(c5ccc(-c6ccccc6)cc5)c5ccccc5-c5ccccc5)ccc3cc24)cc1. The van der Waals surface area contributed by atoms with Crippen LogP contribution in [0.15, 0.2) is 277 Å². The summed E-state index contributed by atoms with van der Waals surface area (Å²) in [7, 11) is 0. The van der Waals surface area contributed by atoms with Gasteiger partial charge in [-0.05, 0) is 151 Å². The molecule has 0 atom stereocenters. The highest BCUT2D eigenvalue weighted by atomic mass is 16.3. The molecule has 0 radical (unpaired) electrons. The molecular formula is C71H52N2O. The lowest BCUT2D eigenvalue weighted by Gasteiger charge is -2.28. The van der Waals surface area contributed by atoms with E-state index in [1.165, 1.54) is 44.5 Å². The van der Waals surface area contributed by atoms with E-state index in [0.29, 0.717) is 5.92 Å². The normalized spacial score (nSPS) is 11.5. The first kappa shape index (κ1) is 44.5. The standard InChI is InChI=1S/C71H52N2O/c1-48(2)49-29-31-54(32-30-49)65-26-13-15-28-69(65)73(61-24-16-23-55(41-61)51-19-8-4-9-20-51)63-40-36-57-45-67-66-44-56-35-39-62(42-58(56)46-70(66)74-71(67)47-59(57)43-63)72(60-37-33-52(34-38-60)50-17-6-3-7-18-50)68-27-14-12-25-64(68)53-21-10-5-11-22-53/h3-48H,1-2H3. The molecule has 1 heterocycles. The van der Waals surface area contributed by atoms with Gasteiger partial charge in [0.05, 0.1) is 11.4 Å². The van der Waals surface area contributed by atoms with Crippen molar-refractivity contribution in [2.24, 2.45) is 0 Å². The van der Waals surface area contributed by atoms with Crippen molar-refractivity contribution in [3.63, 3.8) is 0 Å². The molecule has 0 saturated heterocycles. The van der Waals surface area contributed by atoms with E-state index < -0.39 is 0 Å². The first-order valence-electron chi connectivity index (χ1n) is 25.6. The lowest BCUT2D eigenvalue weighted by atomic mass is 9.96. The Hall–Kier alpha value is -9.44. The summed E-state index contributed by atoms with van der Waals surface area (Å²) in [6.45, 7) is 4.49. The zero-order valence-corrected chi connectivity index (χ0v) is 41.4. The molecule has 0 aliphatic carbocycles. The topological polar surface area (TPSA) is 19.6 Å². The van der Waals surface area contributed by atoms with Crippen molar-refractivity contribution >= 4 is 77.6 Å². The van der Waals surface area contributed by atoms with Crippen molar-refractivity contribution < 1.29 is 4.42 Å². The third kappa shape index (κ3) is 8.34. The van der Waals surface area contributed by atoms with Crippen LogP contribution in [0.1, 0.15) is 25.3 Å². The van der Waals surface area contributed by atoms with E-state index >= 15 is 0 Å². The number of hydrogen-bond donors (Lipinski definition) is 0. The second-order valence-corrected chi connectivity index (χ2v) is 19.5. The number of anilines is 6. The minimum Gasteiger partial charge on any atom is -0.456 e. The van der Waals surface area contributed by atoms with Gasteiger partial charge in [-0.15, -0.1) is 0 Å². The molecule has 0 spiro atoms. The van der Waals surface area contributed by atoms with Crippen LogP contribution in [0.4, 0.5) is 34.1 Å². The van der Waals surface area contributed by atoms with Gasteiger partial charge in [0.15, 0.2) is 0 Å². The molecule has 3 heteroatoms. The Morgan fingerprint density at radius 2 is 0.689 bits per heavy atom. The lowest BCUT2D eigenvalue weighted by molar-refractivity contribution is 0.670. The van der Waals surface area contributed by atoms with Crippen LogP contribution in [0.3, 0.4) is 0 Å². The van der Waals surface area contributed by atoms with Gasteiger partial charge in [-0.1, -0.05) is 202 Å². The number of fused-ring (bicyclic) bond motifs is 5. The zero-order valence-electron chi connectivity index (χ0n) is 41.4. The monoisotopic (exact) mass is 948 g/mol. The molecule has 0 fully saturated rings. The van der Waals surface area contributed by atoms with Crippen molar-refractivity contribution in [2.45, 2.75) is 19.8 Å². The number of nitrogens with zero attached hydrogens (tertiary/aromatic N) is 2. The average Bonchev–Trinajstić information content (AvgIpc) is 3.81. The van der Waals surface area contributed by atoms with E-state index in [1.807, 2.05) is 0 Å². The van der Waals surface area contributed by atoms with Crippen LogP contribution in [-0.2, 0) is 0 Å². The van der Waals surface area contributed by atoms with E-state index in [0.717, 1.165) is 83.2 Å². The Labute approximate surface area is 432 Å². The molecule has 13 rings (SSSR count). The molecular weight excluding hydrogens is 897 g/mol. The molecule has 0 amide bonds. The number of hydrogen-bond acceptors (Lipinski definition) is 3. The van der Waals surface area contributed by atoms with Gasteiger partial charge in [0.2, 0.25) is 0 Å². The average molecular weight is 949 g/mol. The summed E-state index contributed by atoms with van der Waals surface area (Å²) < 4.78 is 6.88. The molecule has 0 aliphatic heterocycles. The summed E-state index contributed by atoms with van der Waals surface area (Å²) in [5.41, 5.74) is 19.0. The third-order valence-electron chi connectivity index (χ3n) is 14.6. The number of furan rings is 1. The number of para-hydroxylation sites is 2. The Kier molecular flexibility index (Phi) is 11.4. The zero-order chi connectivity index (χ0) is 49.5. The second kappa shape index (κ2) is 19.0. The van der Waals surface area contributed by atoms with Crippen LogP contribution in [0.2, 0.25) is 0 Å². The summed E-state index contributed by atoms with van der Waals surface area (Å²) in [5, 5.41) is 6.73. The Morgan fingerprint density at radius 1 is 0.284 bits per heavy atom. The predicted octanol–water partition coefficient (Wildman–Crippen LogP) is 20.6. The predicted molar refractivity (Wildman–Crippen MR) is 314 cm³/mol. The first-order chi connectivity index (χ1) is 36.5. The van der Waals surface area contributed by atoms with Gasteiger partial charge in [0.25, 0.3) is 0 Å². The molecule has 0 unspecified atom stereocenters. The van der Waals surface area contributed by atoms with Gasteiger partial charge >= 0.3 is 0 Å². The van der Waals surface area contributed by atoms with Crippen LogP contribution >= 0.6 is 0 Å². The van der Waals surface area contributed by atoms with Crippen molar-refractivity contribution in [1.29, 1.82) is 0 Å². The summed E-state index contributed by atoms with van der Waals surface area (Å²) in [5.74, 6) is 0.458. The Balaban J connectivity index is 0.920. The van der Waals surface area contributed by atoms with Gasteiger partial charge in [-0.3, -0.25) is 0 Å². The highest BCUT2D eigenvalue weighted by Crippen LogP contribution is 2.46. The van der Waals surface area contributed by atoms with Crippen LogP contribution in [0.25, 0.3) is 88.0 Å². The van der Waals surface area contributed by atoms with Crippen molar-refractivity contribution in [3.05, 3.63) is 279 Å². The molecule has 0 aliphatic rings. The second-order valence-electron chi connectivity index (χ2n) is 19.5. The number of rotatable bonds is 11. The highest BCUT2D eigenvalue weighted by molar-refractivity contribution is 6.14. The number of benzene rings is 12. The fraction of sp³-hybridized carbons (Fsp3) is 0.0423. The summed E-state index contributed by atoms with van der Waals surface area (Å²) in [6.07, 6.45) is 0. The Morgan fingerprint density at radius 3 is 1.23 bits per heavy atom. The van der Waals surface area contributed by atoms with Crippen LogP contribution < -0.4 is 9.80 Å². The molecule has 352 valence electrons. The summed E-state index contributed by atoms with van der Waals surface area (Å²) in [6, 6.07) is 98.9. The van der Waals surface area contributed by atoms with Crippen molar-refractivity contribution in [2.75, 3.05) is 9.80 Å². The van der Waals surface area contributed by atoms with E-state index in [4.69, 9.17) is 4.42 Å². The molecule has 0 N–H and O–H groups in total. The van der Waals surface area contributed by atoms with E-state index in [9.17, 15) is 0 Å².